The maximum absolute atomic E-state index is 12.1. The van der Waals surface area contributed by atoms with Crippen LogP contribution in [0.15, 0.2) is 18.2 Å². The van der Waals surface area contributed by atoms with Gasteiger partial charge in [0, 0.05) is 12.1 Å². The van der Waals surface area contributed by atoms with E-state index < -0.39 is 0 Å². The molecule has 0 unspecified atom stereocenters. The molecule has 0 saturated carbocycles. The van der Waals surface area contributed by atoms with Crippen molar-refractivity contribution >= 4 is 5.91 Å². The molecule has 0 saturated heterocycles. The number of amides is 1. The molecular formula is C14H16N2O. The van der Waals surface area contributed by atoms with Crippen LogP contribution >= 0.6 is 0 Å². The van der Waals surface area contributed by atoms with Crippen molar-refractivity contribution in [3.8, 4) is 6.07 Å². The molecular weight excluding hydrogens is 212 g/mol. The van der Waals surface area contributed by atoms with Crippen molar-refractivity contribution in [1.82, 2.24) is 4.90 Å². The molecule has 0 fully saturated rings. The normalized spacial score (nSPS) is 12.9. The molecule has 1 aromatic carbocycles. The van der Waals surface area contributed by atoms with Gasteiger partial charge in [-0.05, 0) is 49.4 Å². The fourth-order valence-corrected chi connectivity index (χ4v) is 2.30. The third-order valence-electron chi connectivity index (χ3n) is 3.28. The molecule has 88 valence electrons. The Kier molecular flexibility index (Phi) is 3.43. The molecule has 0 spiro atoms. The number of benzene rings is 1. The first kappa shape index (κ1) is 11.7. The summed E-state index contributed by atoms with van der Waals surface area (Å²) < 4.78 is 0. The fourth-order valence-electron chi connectivity index (χ4n) is 2.30. The monoisotopic (exact) mass is 228 g/mol. The zero-order valence-corrected chi connectivity index (χ0v) is 10.1. The lowest BCUT2D eigenvalue weighted by Gasteiger charge is -2.17. The number of nitriles is 1. The maximum atomic E-state index is 12.1. The third kappa shape index (κ3) is 2.31. The molecule has 1 aliphatic rings. The molecule has 0 aromatic heterocycles. The SMILES string of the molecule is CCN(CC#N)C(=O)c1ccc2c(c1)CCC2. The Morgan fingerprint density at radius 1 is 1.41 bits per heavy atom. The molecule has 17 heavy (non-hydrogen) atoms. The van der Waals surface area contributed by atoms with Gasteiger partial charge in [0.05, 0.1) is 6.07 Å². The molecule has 0 N–H and O–H groups in total. The van der Waals surface area contributed by atoms with Gasteiger partial charge in [0.25, 0.3) is 5.91 Å². The molecule has 1 aromatic rings. The number of hydrogen-bond acceptors (Lipinski definition) is 2. The summed E-state index contributed by atoms with van der Waals surface area (Å²) in [6.45, 7) is 2.62. The van der Waals surface area contributed by atoms with E-state index in [9.17, 15) is 4.79 Å². The summed E-state index contributed by atoms with van der Waals surface area (Å²) in [5, 5.41) is 8.67. The van der Waals surface area contributed by atoms with Gasteiger partial charge in [-0.1, -0.05) is 6.07 Å². The van der Waals surface area contributed by atoms with Crippen molar-refractivity contribution in [3.63, 3.8) is 0 Å². The van der Waals surface area contributed by atoms with Gasteiger partial charge in [-0.2, -0.15) is 5.26 Å². The van der Waals surface area contributed by atoms with Crippen LogP contribution in [0.2, 0.25) is 0 Å². The van der Waals surface area contributed by atoms with E-state index in [0.717, 1.165) is 12.8 Å². The average Bonchev–Trinajstić information content (AvgIpc) is 2.82. The van der Waals surface area contributed by atoms with E-state index in [1.165, 1.54) is 17.5 Å². The van der Waals surface area contributed by atoms with Gasteiger partial charge in [-0.3, -0.25) is 4.79 Å². The van der Waals surface area contributed by atoms with Crippen LogP contribution in [-0.2, 0) is 12.8 Å². The quantitative estimate of drug-likeness (QED) is 0.744. The number of fused-ring (bicyclic) bond motifs is 1. The summed E-state index contributed by atoms with van der Waals surface area (Å²) >= 11 is 0. The zero-order chi connectivity index (χ0) is 12.3. The van der Waals surface area contributed by atoms with Gasteiger partial charge in [-0.25, -0.2) is 0 Å². The number of carbonyl (C=O) groups is 1. The van der Waals surface area contributed by atoms with Crippen LogP contribution in [0.5, 0.6) is 0 Å². The lowest BCUT2D eigenvalue weighted by atomic mass is 10.1. The second kappa shape index (κ2) is 5.01. The molecule has 1 aliphatic carbocycles. The average molecular weight is 228 g/mol. The van der Waals surface area contributed by atoms with Gasteiger partial charge in [0.15, 0.2) is 0 Å². The van der Waals surface area contributed by atoms with Crippen molar-refractivity contribution in [2.45, 2.75) is 26.2 Å². The molecule has 0 heterocycles. The second-order valence-corrected chi connectivity index (χ2v) is 4.31. The van der Waals surface area contributed by atoms with Gasteiger partial charge in [0.2, 0.25) is 0 Å². The standard InChI is InChI=1S/C14H16N2O/c1-2-16(9-8-15)14(17)13-7-6-11-4-3-5-12(11)10-13/h6-7,10H,2-5,9H2,1H3. The van der Waals surface area contributed by atoms with E-state index in [-0.39, 0.29) is 12.5 Å². The highest BCUT2D eigenvalue weighted by Crippen LogP contribution is 2.23. The number of hydrogen-bond donors (Lipinski definition) is 0. The second-order valence-electron chi connectivity index (χ2n) is 4.31. The van der Waals surface area contributed by atoms with Gasteiger partial charge in [-0.15, -0.1) is 0 Å². The maximum Gasteiger partial charge on any atom is 0.254 e. The Labute approximate surface area is 102 Å². The van der Waals surface area contributed by atoms with E-state index >= 15 is 0 Å². The fraction of sp³-hybridized carbons (Fsp3) is 0.429. The van der Waals surface area contributed by atoms with E-state index in [2.05, 4.69) is 6.07 Å². The summed E-state index contributed by atoms with van der Waals surface area (Å²) in [5.74, 6) is -0.0382. The molecule has 0 radical (unpaired) electrons. The summed E-state index contributed by atoms with van der Waals surface area (Å²) in [5.41, 5.74) is 3.37. The van der Waals surface area contributed by atoms with Crippen LogP contribution in [-0.4, -0.2) is 23.9 Å². The Morgan fingerprint density at radius 2 is 2.18 bits per heavy atom. The minimum Gasteiger partial charge on any atom is -0.326 e. The summed E-state index contributed by atoms with van der Waals surface area (Å²) in [7, 11) is 0. The summed E-state index contributed by atoms with van der Waals surface area (Å²) in [4.78, 5) is 13.7. The smallest absolute Gasteiger partial charge is 0.254 e. The zero-order valence-electron chi connectivity index (χ0n) is 10.1. The lowest BCUT2D eigenvalue weighted by molar-refractivity contribution is 0.0784. The van der Waals surface area contributed by atoms with Crippen molar-refractivity contribution in [3.05, 3.63) is 34.9 Å². The van der Waals surface area contributed by atoms with Crippen molar-refractivity contribution in [2.24, 2.45) is 0 Å². The van der Waals surface area contributed by atoms with Crippen LogP contribution in [0.25, 0.3) is 0 Å². The topological polar surface area (TPSA) is 44.1 Å². The lowest BCUT2D eigenvalue weighted by Crippen LogP contribution is -2.31. The molecule has 0 atom stereocenters. The van der Waals surface area contributed by atoms with Crippen LogP contribution in [0.1, 0.15) is 34.8 Å². The summed E-state index contributed by atoms with van der Waals surface area (Å²) in [6.07, 6.45) is 3.38. The van der Waals surface area contributed by atoms with E-state index in [1.807, 2.05) is 25.1 Å². The predicted molar refractivity (Wildman–Crippen MR) is 65.7 cm³/mol. The molecule has 3 heteroatoms. The first-order chi connectivity index (χ1) is 8.26. The molecule has 0 aliphatic heterocycles. The number of rotatable bonds is 3. The van der Waals surface area contributed by atoms with E-state index in [0.29, 0.717) is 12.1 Å². The highest BCUT2D eigenvalue weighted by atomic mass is 16.2. The van der Waals surface area contributed by atoms with Gasteiger partial charge < -0.3 is 4.90 Å². The first-order valence-corrected chi connectivity index (χ1v) is 6.04. The Bertz CT molecular complexity index is 474. The van der Waals surface area contributed by atoms with Crippen LogP contribution < -0.4 is 0 Å². The van der Waals surface area contributed by atoms with Crippen LogP contribution in [0, 0.1) is 11.3 Å². The molecule has 0 bridgehead atoms. The minimum absolute atomic E-state index is 0.0382. The van der Waals surface area contributed by atoms with Crippen molar-refractivity contribution in [1.29, 1.82) is 5.26 Å². The molecule has 1 amide bonds. The third-order valence-corrected chi connectivity index (χ3v) is 3.28. The largest absolute Gasteiger partial charge is 0.326 e. The number of carbonyl (C=O) groups excluding carboxylic acids is 1. The first-order valence-electron chi connectivity index (χ1n) is 6.04. The molecule has 3 nitrogen and oxygen atoms in total. The summed E-state index contributed by atoms with van der Waals surface area (Å²) in [6, 6.07) is 7.95. The Morgan fingerprint density at radius 3 is 2.88 bits per heavy atom. The van der Waals surface area contributed by atoms with E-state index in [4.69, 9.17) is 5.26 Å². The van der Waals surface area contributed by atoms with Crippen molar-refractivity contribution < 1.29 is 4.79 Å². The highest BCUT2D eigenvalue weighted by Gasteiger charge is 2.17. The van der Waals surface area contributed by atoms with E-state index in [1.54, 1.807) is 4.90 Å². The van der Waals surface area contributed by atoms with Gasteiger partial charge in [0.1, 0.15) is 6.54 Å². The Balaban J connectivity index is 2.22. The number of aryl methyl sites for hydroxylation is 2. The minimum atomic E-state index is -0.0382. The van der Waals surface area contributed by atoms with Crippen molar-refractivity contribution in [2.75, 3.05) is 13.1 Å². The molecule has 2 rings (SSSR count). The van der Waals surface area contributed by atoms with Gasteiger partial charge >= 0.3 is 0 Å². The predicted octanol–water partition coefficient (Wildman–Crippen LogP) is 2.16. The number of nitrogens with zero attached hydrogens (tertiary/aromatic N) is 2. The van der Waals surface area contributed by atoms with Crippen LogP contribution in [0.3, 0.4) is 0 Å². The highest BCUT2D eigenvalue weighted by molar-refractivity contribution is 5.94. The Hall–Kier alpha value is -1.82. The van der Waals surface area contributed by atoms with Crippen LogP contribution in [0.4, 0.5) is 0 Å².